The molecule has 98 valence electrons. The number of hydrogen-bond acceptors (Lipinski definition) is 3. The van der Waals surface area contributed by atoms with Gasteiger partial charge in [-0.25, -0.2) is 4.79 Å². The molecule has 0 amide bonds. The van der Waals surface area contributed by atoms with Gasteiger partial charge in [0.2, 0.25) is 0 Å². The maximum absolute atomic E-state index is 11.6. The Bertz CT molecular complexity index is 226. The average Bonchev–Trinajstić information content (AvgIpc) is 2.74. The van der Waals surface area contributed by atoms with Crippen molar-refractivity contribution in [2.45, 2.75) is 82.8 Å². The van der Waals surface area contributed by atoms with Crippen molar-refractivity contribution >= 4 is 6.16 Å². The second-order valence-electron chi connectivity index (χ2n) is 5.36. The first-order valence-corrected chi connectivity index (χ1v) is 7.22. The van der Waals surface area contributed by atoms with Crippen LogP contribution in [0.4, 0.5) is 4.79 Å². The van der Waals surface area contributed by atoms with Gasteiger partial charge in [0.25, 0.3) is 0 Å². The third-order valence-corrected chi connectivity index (χ3v) is 3.88. The lowest BCUT2D eigenvalue weighted by Crippen LogP contribution is -2.23. The van der Waals surface area contributed by atoms with Crippen LogP contribution in [0.3, 0.4) is 0 Å². The topological polar surface area (TPSA) is 35.5 Å². The summed E-state index contributed by atoms with van der Waals surface area (Å²) in [6.07, 6.45) is 12.5. The standard InChI is InChI=1S/C14H24O3/c15-14(17-13-10-6-7-11-13)16-12-8-4-2-1-3-5-9-12/h12-13H,1-11H2. The first-order valence-electron chi connectivity index (χ1n) is 7.22. The molecule has 0 radical (unpaired) electrons. The van der Waals surface area contributed by atoms with E-state index in [-0.39, 0.29) is 12.2 Å². The lowest BCUT2D eigenvalue weighted by molar-refractivity contribution is -0.00630. The molecule has 3 nitrogen and oxygen atoms in total. The molecule has 0 aliphatic heterocycles. The van der Waals surface area contributed by atoms with Gasteiger partial charge in [0.1, 0.15) is 12.2 Å². The summed E-state index contributed by atoms with van der Waals surface area (Å²) in [5.74, 6) is 0. The van der Waals surface area contributed by atoms with Gasteiger partial charge in [0.15, 0.2) is 0 Å². The smallest absolute Gasteiger partial charge is 0.431 e. The normalized spacial score (nSPS) is 24.0. The summed E-state index contributed by atoms with van der Waals surface area (Å²) in [5.41, 5.74) is 0. The first-order chi connectivity index (χ1) is 8.34. The van der Waals surface area contributed by atoms with Crippen LogP contribution >= 0.6 is 0 Å². The van der Waals surface area contributed by atoms with Crippen LogP contribution in [0.1, 0.15) is 70.6 Å². The molecule has 0 heterocycles. The Morgan fingerprint density at radius 1 is 0.647 bits per heavy atom. The molecule has 2 rings (SSSR count). The van der Waals surface area contributed by atoms with Crippen LogP contribution < -0.4 is 0 Å². The van der Waals surface area contributed by atoms with Crippen LogP contribution in [0.25, 0.3) is 0 Å². The van der Waals surface area contributed by atoms with E-state index in [9.17, 15) is 4.79 Å². The zero-order chi connectivity index (χ0) is 11.9. The van der Waals surface area contributed by atoms with E-state index >= 15 is 0 Å². The highest BCUT2D eigenvalue weighted by Crippen LogP contribution is 2.23. The number of carbonyl (C=O) groups excluding carboxylic acids is 1. The van der Waals surface area contributed by atoms with E-state index in [1.54, 1.807) is 0 Å². The van der Waals surface area contributed by atoms with Gasteiger partial charge >= 0.3 is 6.16 Å². The molecule has 0 N–H and O–H groups in total. The molecular formula is C14H24O3. The molecule has 2 aliphatic rings. The minimum absolute atomic E-state index is 0.101. The number of carbonyl (C=O) groups is 1. The molecule has 0 bridgehead atoms. The van der Waals surface area contributed by atoms with E-state index in [1.807, 2.05) is 0 Å². The van der Waals surface area contributed by atoms with E-state index in [4.69, 9.17) is 9.47 Å². The Hall–Kier alpha value is -0.730. The average molecular weight is 240 g/mol. The molecule has 2 aliphatic carbocycles. The largest absolute Gasteiger partial charge is 0.508 e. The highest BCUT2D eigenvalue weighted by atomic mass is 16.7. The van der Waals surface area contributed by atoms with Gasteiger partial charge in [-0.1, -0.05) is 19.3 Å². The fraction of sp³-hybridized carbons (Fsp3) is 0.929. The fourth-order valence-corrected chi connectivity index (χ4v) is 2.84. The molecule has 0 spiro atoms. The molecule has 17 heavy (non-hydrogen) atoms. The summed E-state index contributed by atoms with van der Waals surface area (Å²) in [6, 6.07) is 0. The number of hydrogen-bond donors (Lipinski definition) is 0. The Morgan fingerprint density at radius 3 is 1.47 bits per heavy atom. The molecule has 0 aromatic heterocycles. The van der Waals surface area contributed by atoms with E-state index in [1.165, 1.54) is 44.9 Å². The van der Waals surface area contributed by atoms with Gasteiger partial charge in [-0.3, -0.25) is 0 Å². The van der Waals surface area contributed by atoms with Crippen LogP contribution in [-0.2, 0) is 9.47 Å². The lowest BCUT2D eigenvalue weighted by Gasteiger charge is -2.20. The quantitative estimate of drug-likeness (QED) is 0.679. The molecule has 2 fully saturated rings. The molecule has 0 atom stereocenters. The molecule has 0 aromatic rings. The Kier molecular flexibility index (Phi) is 5.14. The SMILES string of the molecule is O=C(OC1CCCCCCC1)OC1CCCC1. The Balaban J connectivity index is 1.68. The third kappa shape index (κ3) is 4.57. The molecule has 2 saturated carbocycles. The Morgan fingerprint density at radius 2 is 1.00 bits per heavy atom. The zero-order valence-electron chi connectivity index (χ0n) is 10.7. The highest BCUT2D eigenvalue weighted by molar-refractivity contribution is 5.60. The summed E-state index contributed by atoms with van der Waals surface area (Å²) in [7, 11) is 0. The minimum atomic E-state index is -0.428. The van der Waals surface area contributed by atoms with Crippen molar-refractivity contribution in [1.82, 2.24) is 0 Å². The predicted octanol–water partition coefficient (Wildman–Crippen LogP) is 4.20. The lowest BCUT2D eigenvalue weighted by atomic mass is 9.99. The van der Waals surface area contributed by atoms with Gasteiger partial charge < -0.3 is 9.47 Å². The van der Waals surface area contributed by atoms with Gasteiger partial charge in [0, 0.05) is 0 Å². The van der Waals surface area contributed by atoms with E-state index in [0.29, 0.717) is 0 Å². The van der Waals surface area contributed by atoms with Crippen molar-refractivity contribution in [3.8, 4) is 0 Å². The van der Waals surface area contributed by atoms with Crippen LogP contribution in [0.15, 0.2) is 0 Å². The van der Waals surface area contributed by atoms with Gasteiger partial charge in [0.05, 0.1) is 0 Å². The van der Waals surface area contributed by atoms with E-state index < -0.39 is 6.16 Å². The predicted molar refractivity (Wildman–Crippen MR) is 65.9 cm³/mol. The van der Waals surface area contributed by atoms with Gasteiger partial charge in [-0.2, -0.15) is 0 Å². The van der Waals surface area contributed by atoms with Crippen molar-refractivity contribution < 1.29 is 14.3 Å². The van der Waals surface area contributed by atoms with Crippen molar-refractivity contribution in [2.75, 3.05) is 0 Å². The Labute approximate surface area is 104 Å². The highest BCUT2D eigenvalue weighted by Gasteiger charge is 2.22. The van der Waals surface area contributed by atoms with E-state index in [0.717, 1.165) is 25.7 Å². The molecule has 0 unspecified atom stereocenters. The van der Waals surface area contributed by atoms with Crippen molar-refractivity contribution in [1.29, 1.82) is 0 Å². The third-order valence-electron chi connectivity index (χ3n) is 3.88. The number of rotatable bonds is 2. The zero-order valence-corrected chi connectivity index (χ0v) is 10.7. The minimum Gasteiger partial charge on any atom is -0.431 e. The monoisotopic (exact) mass is 240 g/mol. The molecular weight excluding hydrogens is 216 g/mol. The van der Waals surface area contributed by atoms with Crippen molar-refractivity contribution in [3.63, 3.8) is 0 Å². The van der Waals surface area contributed by atoms with Crippen LogP contribution in [0.2, 0.25) is 0 Å². The summed E-state index contributed by atoms with van der Waals surface area (Å²) in [4.78, 5) is 11.6. The first kappa shape index (κ1) is 12.7. The summed E-state index contributed by atoms with van der Waals surface area (Å²) in [6.45, 7) is 0. The summed E-state index contributed by atoms with van der Waals surface area (Å²) < 4.78 is 10.8. The van der Waals surface area contributed by atoms with Crippen LogP contribution in [-0.4, -0.2) is 18.4 Å². The molecule has 3 heteroatoms. The van der Waals surface area contributed by atoms with E-state index in [2.05, 4.69) is 0 Å². The summed E-state index contributed by atoms with van der Waals surface area (Å²) in [5, 5.41) is 0. The second kappa shape index (κ2) is 6.87. The summed E-state index contributed by atoms with van der Waals surface area (Å²) >= 11 is 0. The second-order valence-corrected chi connectivity index (χ2v) is 5.36. The van der Waals surface area contributed by atoms with Crippen LogP contribution in [0, 0.1) is 0 Å². The van der Waals surface area contributed by atoms with Crippen molar-refractivity contribution in [3.05, 3.63) is 0 Å². The maximum Gasteiger partial charge on any atom is 0.508 e. The number of ether oxygens (including phenoxy) is 2. The van der Waals surface area contributed by atoms with Crippen molar-refractivity contribution in [2.24, 2.45) is 0 Å². The molecule has 0 saturated heterocycles. The van der Waals surface area contributed by atoms with Gasteiger partial charge in [-0.05, 0) is 51.4 Å². The fourth-order valence-electron chi connectivity index (χ4n) is 2.84. The molecule has 0 aromatic carbocycles. The van der Waals surface area contributed by atoms with Crippen LogP contribution in [0.5, 0.6) is 0 Å². The van der Waals surface area contributed by atoms with Gasteiger partial charge in [-0.15, -0.1) is 0 Å². The maximum atomic E-state index is 11.6.